The molecule has 8 nitrogen and oxygen atoms in total. The van der Waals surface area contributed by atoms with E-state index in [9.17, 15) is 21.6 Å². The van der Waals surface area contributed by atoms with E-state index in [1.807, 2.05) is 0 Å². The third-order valence-corrected chi connectivity index (χ3v) is 7.51. The Kier molecular flexibility index (Phi) is 4.73. The summed E-state index contributed by atoms with van der Waals surface area (Å²) in [6, 6.07) is 2.24. The van der Waals surface area contributed by atoms with E-state index in [4.69, 9.17) is 11.5 Å². The van der Waals surface area contributed by atoms with Crippen LogP contribution in [-0.2, 0) is 19.7 Å². The van der Waals surface area contributed by atoms with Gasteiger partial charge in [0.05, 0.1) is 15.0 Å². The maximum absolute atomic E-state index is 12.7. The van der Waals surface area contributed by atoms with E-state index < -0.39 is 41.7 Å². The van der Waals surface area contributed by atoms with Crippen LogP contribution in [0.25, 0.3) is 0 Å². The highest BCUT2D eigenvalue weighted by Gasteiger charge is 2.36. The van der Waals surface area contributed by atoms with Crippen LogP contribution in [-0.4, -0.2) is 40.2 Å². The fourth-order valence-corrected chi connectivity index (χ4v) is 5.99. The van der Waals surface area contributed by atoms with E-state index >= 15 is 0 Å². The number of rotatable bonds is 4. The molecule has 0 saturated heterocycles. The molecule has 0 radical (unpaired) electrons. The van der Waals surface area contributed by atoms with E-state index in [-0.39, 0.29) is 16.0 Å². The first-order valence-electron chi connectivity index (χ1n) is 7.17. The van der Waals surface area contributed by atoms with Gasteiger partial charge >= 0.3 is 0 Å². The SMILES string of the molecule is Cc1cc(S(=O)(=O)C2CCC2)c(S(C)(=O)=O)cc1C(=O)N=C(N)N. The van der Waals surface area contributed by atoms with E-state index in [2.05, 4.69) is 4.99 Å². The maximum Gasteiger partial charge on any atom is 0.280 e. The van der Waals surface area contributed by atoms with Gasteiger partial charge in [0, 0.05) is 11.8 Å². The van der Waals surface area contributed by atoms with Gasteiger partial charge < -0.3 is 11.5 Å². The Morgan fingerprint density at radius 1 is 1.12 bits per heavy atom. The lowest BCUT2D eigenvalue weighted by atomic mass is 10.00. The van der Waals surface area contributed by atoms with Crippen molar-refractivity contribution in [2.75, 3.05) is 6.26 Å². The Hall–Kier alpha value is -1.94. The van der Waals surface area contributed by atoms with Crippen molar-refractivity contribution < 1.29 is 21.6 Å². The molecule has 1 aliphatic carbocycles. The summed E-state index contributed by atoms with van der Waals surface area (Å²) in [6.07, 6.45) is 2.68. The first kappa shape index (κ1) is 18.4. The zero-order chi connectivity index (χ0) is 18.3. The zero-order valence-electron chi connectivity index (χ0n) is 13.3. The molecule has 0 heterocycles. The standard InChI is InChI=1S/C14H19N3O5S2/c1-8-6-12(24(21,22)9-4-3-5-9)11(23(2,19)20)7-10(8)13(18)17-14(15)16/h6-7,9H,3-5H2,1-2H3,(H4,15,16,17,18). The monoisotopic (exact) mass is 373 g/mol. The number of aryl methyl sites for hydroxylation is 1. The Balaban J connectivity index is 2.72. The number of nitrogens with two attached hydrogens (primary N) is 2. The number of carbonyl (C=O) groups excluding carboxylic acids is 1. The van der Waals surface area contributed by atoms with E-state index in [0.29, 0.717) is 12.8 Å². The minimum Gasteiger partial charge on any atom is -0.370 e. The first-order valence-corrected chi connectivity index (χ1v) is 10.6. The molecule has 2 rings (SSSR count). The Bertz CT molecular complexity index is 925. The molecule has 132 valence electrons. The van der Waals surface area contributed by atoms with Crippen LogP contribution >= 0.6 is 0 Å². The van der Waals surface area contributed by atoms with Gasteiger partial charge in [0.1, 0.15) is 0 Å². The highest BCUT2D eigenvalue weighted by molar-refractivity contribution is 7.94. The predicted molar refractivity (Wildman–Crippen MR) is 89.3 cm³/mol. The molecular formula is C14H19N3O5S2. The summed E-state index contributed by atoms with van der Waals surface area (Å²) < 4.78 is 49.5. The van der Waals surface area contributed by atoms with E-state index in [1.54, 1.807) is 0 Å². The van der Waals surface area contributed by atoms with Crippen LogP contribution < -0.4 is 11.5 Å². The lowest BCUT2D eigenvalue weighted by molar-refractivity contribution is 0.100. The van der Waals surface area contributed by atoms with Crippen molar-refractivity contribution in [3.8, 4) is 0 Å². The minimum absolute atomic E-state index is 0.0589. The highest BCUT2D eigenvalue weighted by Crippen LogP contribution is 2.35. The minimum atomic E-state index is -3.88. The molecule has 1 fully saturated rings. The van der Waals surface area contributed by atoms with Crippen molar-refractivity contribution in [1.82, 2.24) is 0 Å². The predicted octanol–water partition coefficient (Wildman–Crippen LogP) is 0.138. The molecule has 1 aromatic carbocycles. The van der Waals surface area contributed by atoms with Gasteiger partial charge in [-0.05, 0) is 37.5 Å². The number of guanidine groups is 1. The van der Waals surface area contributed by atoms with Gasteiger partial charge in [-0.25, -0.2) is 16.8 Å². The van der Waals surface area contributed by atoms with Gasteiger partial charge in [0.25, 0.3) is 5.91 Å². The van der Waals surface area contributed by atoms with Crippen LogP contribution in [0.1, 0.15) is 35.2 Å². The molecule has 10 heteroatoms. The zero-order valence-corrected chi connectivity index (χ0v) is 14.9. The number of aliphatic imine (C=N–C) groups is 1. The molecule has 0 spiro atoms. The van der Waals surface area contributed by atoms with Crippen molar-refractivity contribution in [1.29, 1.82) is 0 Å². The second kappa shape index (κ2) is 6.17. The van der Waals surface area contributed by atoms with Crippen LogP contribution in [0, 0.1) is 6.92 Å². The molecule has 0 unspecified atom stereocenters. The van der Waals surface area contributed by atoms with Gasteiger partial charge in [0.2, 0.25) is 0 Å². The van der Waals surface area contributed by atoms with E-state index in [0.717, 1.165) is 18.7 Å². The number of amides is 1. The van der Waals surface area contributed by atoms with Crippen molar-refractivity contribution in [3.63, 3.8) is 0 Å². The summed E-state index contributed by atoms with van der Waals surface area (Å²) in [4.78, 5) is 14.7. The maximum atomic E-state index is 12.7. The quantitative estimate of drug-likeness (QED) is 0.563. The highest BCUT2D eigenvalue weighted by atomic mass is 32.2. The summed E-state index contributed by atoms with van der Waals surface area (Å²) >= 11 is 0. The Labute approximate surface area is 140 Å². The fraction of sp³-hybridized carbons (Fsp3) is 0.429. The summed E-state index contributed by atoms with van der Waals surface area (Å²) in [7, 11) is -7.66. The van der Waals surface area contributed by atoms with Crippen LogP contribution in [0.2, 0.25) is 0 Å². The third-order valence-electron chi connectivity index (χ3n) is 3.95. The molecule has 0 atom stereocenters. The normalized spacial score (nSPS) is 15.6. The molecule has 24 heavy (non-hydrogen) atoms. The second-order valence-electron chi connectivity index (χ2n) is 5.83. The van der Waals surface area contributed by atoms with Gasteiger partial charge in [-0.15, -0.1) is 0 Å². The first-order chi connectivity index (χ1) is 10.9. The number of sulfone groups is 2. The van der Waals surface area contributed by atoms with Crippen molar-refractivity contribution in [2.24, 2.45) is 16.5 Å². The van der Waals surface area contributed by atoms with Crippen molar-refractivity contribution >= 4 is 31.5 Å². The van der Waals surface area contributed by atoms with Crippen molar-refractivity contribution in [3.05, 3.63) is 23.3 Å². The molecule has 1 saturated carbocycles. The average Bonchev–Trinajstić information content (AvgIpc) is 2.32. The average molecular weight is 373 g/mol. The lowest BCUT2D eigenvalue weighted by Gasteiger charge is -2.26. The number of hydrogen-bond acceptors (Lipinski definition) is 5. The number of hydrogen-bond donors (Lipinski definition) is 2. The molecule has 1 amide bonds. The second-order valence-corrected chi connectivity index (χ2v) is 10.0. The van der Waals surface area contributed by atoms with Crippen LogP contribution in [0.15, 0.2) is 26.9 Å². The molecule has 0 aromatic heterocycles. The summed E-state index contributed by atoms with van der Waals surface area (Å²) in [5.74, 6) is -1.29. The van der Waals surface area contributed by atoms with Gasteiger partial charge in [0.15, 0.2) is 25.6 Å². The Morgan fingerprint density at radius 3 is 2.12 bits per heavy atom. The number of nitrogens with zero attached hydrogens (tertiary/aromatic N) is 1. The topological polar surface area (TPSA) is 150 Å². The molecule has 0 bridgehead atoms. The van der Waals surface area contributed by atoms with Crippen LogP contribution in [0.3, 0.4) is 0 Å². The molecule has 0 aliphatic heterocycles. The molecule has 4 N–H and O–H groups in total. The molecular weight excluding hydrogens is 354 g/mol. The number of benzene rings is 1. The third kappa shape index (κ3) is 3.44. The fourth-order valence-electron chi connectivity index (χ4n) is 2.44. The van der Waals surface area contributed by atoms with E-state index in [1.165, 1.54) is 13.0 Å². The lowest BCUT2D eigenvalue weighted by Crippen LogP contribution is -2.30. The summed E-state index contributed by atoms with van der Waals surface area (Å²) in [5, 5.41) is -0.586. The molecule has 1 aliphatic rings. The van der Waals surface area contributed by atoms with Crippen LogP contribution in [0.5, 0.6) is 0 Å². The van der Waals surface area contributed by atoms with Crippen molar-refractivity contribution in [2.45, 2.75) is 41.2 Å². The Morgan fingerprint density at radius 2 is 1.71 bits per heavy atom. The number of carbonyl (C=O) groups is 1. The smallest absolute Gasteiger partial charge is 0.280 e. The van der Waals surface area contributed by atoms with Gasteiger partial charge in [-0.1, -0.05) is 6.42 Å². The summed E-state index contributed by atoms with van der Waals surface area (Å²) in [6.45, 7) is 1.50. The van der Waals surface area contributed by atoms with Gasteiger partial charge in [-0.3, -0.25) is 4.79 Å². The molecule has 1 aromatic rings. The largest absolute Gasteiger partial charge is 0.370 e. The van der Waals surface area contributed by atoms with Crippen LogP contribution in [0.4, 0.5) is 0 Å². The summed E-state index contributed by atoms with van der Waals surface area (Å²) in [5.41, 5.74) is 10.6. The van der Waals surface area contributed by atoms with Gasteiger partial charge in [-0.2, -0.15) is 4.99 Å².